The molecule has 1 aromatic rings. The average Bonchev–Trinajstić information content (AvgIpc) is 2.27. The molecule has 1 N–H and O–H groups in total. The van der Waals surface area contributed by atoms with Crippen LogP contribution in [0.4, 0.5) is 0 Å². The van der Waals surface area contributed by atoms with Crippen LogP contribution in [0.3, 0.4) is 0 Å². The predicted molar refractivity (Wildman–Crippen MR) is 85.0 cm³/mol. The van der Waals surface area contributed by atoms with Crippen molar-refractivity contribution < 1.29 is 22.4 Å². The Hall–Kier alpha value is 0.190. The zero-order valence-corrected chi connectivity index (χ0v) is 14.7. The summed E-state index contributed by atoms with van der Waals surface area (Å²) in [6.45, 7) is 0.234. The van der Waals surface area contributed by atoms with Gasteiger partial charge in [0.25, 0.3) is 10.1 Å². The van der Waals surface area contributed by atoms with E-state index in [9.17, 15) is 8.42 Å². The molecular weight excluding hydrogens is 486 g/mol. The van der Waals surface area contributed by atoms with Gasteiger partial charge in [0.15, 0.2) is 0 Å². The Morgan fingerprint density at radius 1 is 1.22 bits per heavy atom. The van der Waals surface area contributed by atoms with E-state index in [0.717, 1.165) is 12.9 Å². The lowest BCUT2D eigenvalue weighted by molar-refractivity contribution is 0.312. The molecule has 0 radical (unpaired) electrons. The van der Waals surface area contributed by atoms with Crippen molar-refractivity contribution in [3.63, 3.8) is 0 Å². The first-order chi connectivity index (χ1) is 8.33. The molecule has 1 aromatic carbocycles. The van der Waals surface area contributed by atoms with E-state index in [4.69, 9.17) is 14.0 Å². The molecule has 0 heterocycles. The van der Waals surface area contributed by atoms with E-state index in [1.807, 2.05) is 12.1 Å². The Balaban J connectivity index is 2.60. The molecule has 0 unspecified atom stereocenters. The lowest BCUT2D eigenvalue weighted by Gasteiger charge is -2.10. The van der Waals surface area contributed by atoms with Crippen LogP contribution >= 0.6 is 45.2 Å². The van der Waals surface area contributed by atoms with Crippen molar-refractivity contribution in [2.75, 3.05) is 19.5 Å². The summed E-state index contributed by atoms with van der Waals surface area (Å²) >= 11 is 4.25. The summed E-state index contributed by atoms with van der Waals surface area (Å²) in [5, 5.41) is 0. The largest absolute Gasteiger partial charge is 0.496 e. The first-order valence-electron chi connectivity index (χ1n) is 4.94. The number of benzene rings is 1. The number of halogens is 2. The molecule has 5 nitrogen and oxygen atoms in total. The molecular formula is C10H12I2O5S. The highest BCUT2D eigenvalue weighted by molar-refractivity contribution is 14.1. The standard InChI is InChI=1S/C10H12I2O5S/c1-16-9-5-8(12)10(6-7(9)11)17-3-2-4-18(13,14)15/h5-6H,2-4H2,1H3,(H,13,14,15). The van der Waals surface area contributed by atoms with Crippen molar-refractivity contribution in [2.24, 2.45) is 0 Å². The lowest BCUT2D eigenvalue weighted by atomic mass is 10.3. The van der Waals surface area contributed by atoms with Gasteiger partial charge in [-0.15, -0.1) is 0 Å². The predicted octanol–water partition coefficient (Wildman–Crippen LogP) is 2.56. The number of ether oxygens (including phenoxy) is 2. The molecule has 0 saturated heterocycles. The van der Waals surface area contributed by atoms with Crippen LogP contribution < -0.4 is 9.47 Å². The molecule has 0 fully saturated rings. The molecule has 102 valence electrons. The number of hydrogen-bond donors (Lipinski definition) is 1. The Morgan fingerprint density at radius 2 is 1.78 bits per heavy atom. The van der Waals surface area contributed by atoms with Crippen LogP contribution in [-0.4, -0.2) is 32.4 Å². The second-order valence-electron chi connectivity index (χ2n) is 3.41. The van der Waals surface area contributed by atoms with Crippen LogP contribution in [0.1, 0.15) is 6.42 Å². The minimum atomic E-state index is -3.91. The van der Waals surface area contributed by atoms with Gasteiger partial charge < -0.3 is 9.47 Å². The van der Waals surface area contributed by atoms with Crippen molar-refractivity contribution in [1.82, 2.24) is 0 Å². The second-order valence-corrected chi connectivity index (χ2v) is 7.30. The van der Waals surface area contributed by atoms with E-state index < -0.39 is 10.1 Å². The molecule has 0 bridgehead atoms. The van der Waals surface area contributed by atoms with Crippen LogP contribution in [-0.2, 0) is 10.1 Å². The summed E-state index contributed by atoms with van der Waals surface area (Å²) in [7, 11) is -2.31. The first-order valence-corrected chi connectivity index (χ1v) is 8.71. The van der Waals surface area contributed by atoms with Crippen LogP contribution in [0.2, 0.25) is 0 Å². The smallest absolute Gasteiger partial charge is 0.264 e. The highest BCUT2D eigenvalue weighted by Gasteiger charge is 2.09. The number of rotatable bonds is 6. The molecule has 0 spiro atoms. The summed E-state index contributed by atoms with van der Waals surface area (Å²) in [6.07, 6.45) is 0.248. The monoisotopic (exact) mass is 498 g/mol. The lowest BCUT2D eigenvalue weighted by Crippen LogP contribution is -2.09. The third-order valence-corrected chi connectivity index (χ3v) is 4.50. The second kappa shape index (κ2) is 7.10. The molecule has 0 aromatic heterocycles. The Labute approximate surface area is 133 Å². The zero-order valence-electron chi connectivity index (χ0n) is 9.52. The molecule has 0 aliphatic carbocycles. The third kappa shape index (κ3) is 5.45. The summed E-state index contributed by atoms with van der Waals surface area (Å²) in [6, 6.07) is 3.68. The van der Waals surface area contributed by atoms with Gasteiger partial charge in [0, 0.05) is 0 Å². The van der Waals surface area contributed by atoms with Gasteiger partial charge >= 0.3 is 0 Å². The molecule has 0 aliphatic rings. The Morgan fingerprint density at radius 3 is 2.33 bits per heavy atom. The van der Waals surface area contributed by atoms with Gasteiger partial charge in [-0.25, -0.2) is 0 Å². The van der Waals surface area contributed by atoms with E-state index >= 15 is 0 Å². The van der Waals surface area contributed by atoms with Crippen molar-refractivity contribution >= 4 is 55.3 Å². The van der Waals surface area contributed by atoms with Crippen molar-refractivity contribution in [3.8, 4) is 11.5 Å². The zero-order chi connectivity index (χ0) is 13.8. The van der Waals surface area contributed by atoms with Crippen molar-refractivity contribution in [3.05, 3.63) is 19.3 Å². The molecule has 0 atom stereocenters. The van der Waals surface area contributed by atoms with Gasteiger partial charge in [0.2, 0.25) is 0 Å². The van der Waals surface area contributed by atoms with Gasteiger partial charge in [-0.3, -0.25) is 4.55 Å². The van der Waals surface area contributed by atoms with Crippen molar-refractivity contribution in [2.45, 2.75) is 6.42 Å². The van der Waals surface area contributed by atoms with Crippen LogP contribution in [0.5, 0.6) is 11.5 Å². The fourth-order valence-corrected chi connectivity index (χ4v) is 2.94. The summed E-state index contributed by atoms with van der Waals surface area (Å²) in [5.74, 6) is 1.15. The normalized spacial score (nSPS) is 11.3. The Bertz CT molecular complexity index is 515. The highest BCUT2D eigenvalue weighted by Crippen LogP contribution is 2.31. The maximum absolute atomic E-state index is 10.5. The van der Waals surface area contributed by atoms with Crippen LogP contribution in [0.25, 0.3) is 0 Å². The van der Waals surface area contributed by atoms with Gasteiger partial charge in [0.05, 0.1) is 26.6 Å². The SMILES string of the molecule is COc1cc(I)c(OCCCS(=O)(=O)O)cc1I. The third-order valence-electron chi connectivity index (χ3n) is 2.01. The van der Waals surface area contributed by atoms with E-state index in [-0.39, 0.29) is 18.8 Å². The summed E-state index contributed by atoms with van der Waals surface area (Å²) in [5.41, 5.74) is 0. The topological polar surface area (TPSA) is 72.8 Å². The fraction of sp³-hybridized carbons (Fsp3) is 0.400. The van der Waals surface area contributed by atoms with E-state index in [1.54, 1.807) is 7.11 Å². The maximum Gasteiger partial charge on any atom is 0.264 e. The molecule has 0 saturated carbocycles. The minimum absolute atomic E-state index is 0.234. The quantitative estimate of drug-likeness (QED) is 0.371. The molecule has 8 heteroatoms. The van der Waals surface area contributed by atoms with Crippen molar-refractivity contribution in [1.29, 1.82) is 0 Å². The summed E-state index contributed by atoms with van der Waals surface area (Å²) in [4.78, 5) is 0. The van der Waals surface area contributed by atoms with Gasteiger partial charge in [0.1, 0.15) is 11.5 Å². The first kappa shape index (κ1) is 16.2. The van der Waals surface area contributed by atoms with Gasteiger partial charge in [-0.05, 0) is 63.7 Å². The number of methoxy groups -OCH3 is 1. The average molecular weight is 498 g/mol. The maximum atomic E-state index is 10.5. The molecule has 1 rings (SSSR count). The van der Waals surface area contributed by atoms with Crippen LogP contribution in [0, 0.1) is 7.14 Å². The molecule has 0 amide bonds. The van der Waals surface area contributed by atoms with Gasteiger partial charge in [-0.1, -0.05) is 0 Å². The van der Waals surface area contributed by atoms with E-state index in [2.05, 4.69) is 45.2 Å². The van der Waals surface area contributed by atoms with E-state index in [1.165, 1.54) is 0 Å². The fourth-order valence-electron chi connectivity index (χ4n) is 1.20. The minimum Gasteiger partial charge on any atom is -0.496 e. The highest BCUT2D eigenvalue weighted by atomic mass is 127. The summed E-state index contributed by atoms with van der Waals surface area (Å²) < 4.78 is 42.1. The Kier molecular flexibility index (Phi) is 6.41. The van der Waals surface area contributed by atoms with Crippen LogP contribution in [0.15, 0.2) is 12.1 Å². The number of hydrogen-bond acceptors (Lipinski definition) is 4. The molecule has 18 heavy (non-hydrogen) atoms. The van der Waals surface area contributed by atoms with E-state index in [0.29, 0.717) is 5.75 Å². The van der Waals surface area contributed by atoms with Gasteiger partial charge in [-0.2, -0.15) is 8.42 Å². The molecule has 0 aliphatic heterocycles.